The zero-order chi connectivity index (χ0) is 14.9. The van der Waals surface area contributed by atoms with Crippen molar-refractivity contribution in [2.24, 2.45) is 19.1 Å². The molecule has 2 aromatic rings. The third kappa shape index (κ3) is 2.57. The van der Waals surface area contributed by atoms with Gasteiger partial charge in [-0.05, 0) is 24.3 Å². The quantitative estimate of drug-likeness (QED) is 0.839. The van der Waals surface area contributed by atoms with Gasteiger partial charge in [-0.15, -0.1) is 0 Å². The van der Waals surface area contributed by atoms with Crippen LogP contribution in [0.4, 0.5) is 5.69 Å². The first-order valence-corrected chi connectivity index (χ1v) is 6.49. The minimum absolute atomic E-state index is 0.0301. The Bertz CT molecular complexity index is 788. The maximum Gasteiger partial charge on any atom is 0.333 e. The fourth-order valence-corrected chi connectivity index (χ4v) is 1.90. The zero-order valence-corrected chi connectivity index (χ0v) is 12.5. The number of aromatic nitrogens is 2. The predicted octanol–water partition coefficient (Wildman–Crippen LogP) is 1.30. The van der Waals surface area contributed by atoms with Crippen LogP contribution in [0.2, 0.25) is 0 Å². The zero-order valence-electron chi connectivity index (χ0n) is 10.9. The van der Waals surface area contributed by atoms with E-state index in [-0.39, 0.29) is 5.56 Å². The molecule has 0 aliphatic rings. The Morgan fingerprint density at radius 1 is 1.15 bits per heavy atom. The summed E-state index contributed by atoms with van der Waals surface area (Å²) < 4.78 is 2.82. The van der Waals surface area contributed by atoms with Crippen molar-refractivity contribution >= 4 is 27.8 Å². The number of aliphatic imine (C=N–C) groups is 1. The molecule has 7 heteroatoms. The maximum atomic E-state index is 11.9. The number of rotatable bonds is 2. The normalized spacial score (nSPS) is 11.2. The highest BCUT2D eigenvalue weighted by molar-refractivity contribution is 9.10. The van der Waals surface area contributed by atoms with Crippen molar-refractivity contribution in [1.29, 1.82) is 0 Å². The Hall–Kier alpha value is -2.15. The number of halogens is 1. The second-order valence-electron chi connectivity index (χ2n) is 4.18. The summed E-state index contributed by atoms with van der Waals surface area (Å²) in [4.78, 5) is 27.6. The fourth-order valence-electron chi connectivity index (χ4n) is 1.64. The molecule has 0 bridgehead atoms. The highest BCUT2D eigenvalue weighted by Gasteiger charge is 2.12. The number of benzene rings is 1. The summed E-state index contributed by atoms with van der Waals surface area (Å²) in [5.41, 5.74) is -0.583. The van der Waals surface area contributed by atoms with Gasteiger partial charge in [0.2, 0.25) is 5.88 Å². The van der Waals surface area contributed by atoms with E-state index in [0.29, 0.717) is 5.69 Å². The molecule has 0 unspecified atom stereocenters. The summed E-state index contributed by atoms with van der Waals surface area (Å²) in [6, 6.07) is 7.13. The molecule has 1 N–H and O–H groups in total. The topological polar surface area (TPSA) is 76.6 Å². The summed E-state index contributed by atoms with van der Waals surface area (Å²) in [5, 5.41) is 9.86. The molecule has 2 rings (SSSR count). The summed E-state index contributed by atoms with van der Waals surface area (Å²) in [7, 11) is 2.73. The number of aromatic hydroxyl groups is 1. The molecule has 0 aliphatic heterocycles. The summed E-state index contributed by atoms with van der Waals surface area (Å²) >= 11 is 3.31. The number of hydrogen-bond acceptors (Lipinski definition) is 4. The molecule has 1 aromatic heterocycles. The van der Waals surface area contributed by atoms with E-state index in [1.54, 1.807) is 12.1 Å². The van der Waals surface area contributed by atoms with E-state index in [1.165, 1.54) is 20.3 Å². The molecule has 1 heterocycles. The van der Waals surface area contributed by atoms with Crippen LogP contribution in [-0.4, -0.2) is 20.5 Å². The minimum atomic E-state index is -0.591. The van der Waals surface area contributed by atoms with E-state index in [1.807, 2.05) is 12.1 Å². The van der Waals surface area contributed by atoms with Crippen molar-refractivity contribution < 1.29 is 5.11 Å². The van der Waals surface area contributed by atoms with Crippen LogP contribution in [0.25, 0.3) is 0 Å². The molecule has 104 valence electrons. The fraction of sp³-hybridized carbons (Fsp3) is 0.154. The Kier molecular flexibility index (Phi) is 3.89. The van der Waals surface area contributed by atoms with Gasteiger partial charge in [-0.3, -0.25) is 18.9 Å². The Labute approximate surface area is 122 Å². The largest absolute Gasteiger partial charge is 0.494 e. The molecule has 0 amide bonds. The Morgan fingerprint density at radius 3 is 2.35 bits per heavy atom. The molecule has 0 aliphatic carbocycles. The van der Waals surface area contributed by atoms with Crippen molar-refractivity contribution in [3.63, 3.8) is 0 Å². The van der Waals surface area contributed by atoms with Crippen molar-refractivity contribution in [3.8, 4) is 5.88 Å². The Balaban J connectivity index is 2.52. The standard InChI is InChI=1S/C13H12BrN3O3/c1-16-11(18)10(12(19)17(2)13(16)20)7-15-9-5-3-8(14)4-6-9/h3-7,18H,1-2H3. The van der Waals surface area contributed by atoms with E-state index < -0.39 is 17.1 Å². The molecule has 0 fully saturated rings. The van der Waals surface area contributed by atoms with E-state index in [9.17, 15) is 14.7 Å². The lowest BCUT2D eigenvalue weighted by Crippen LogP contribution is -2.38. The molecule has 6 nitrogen and oxygen atoms in total. The van der Waals surface area contributed by atoms with Gasteiger partial charge in [0.1, 0.15) is 5.56 Å². The van der Waals surface area contributed by atoms with Gasteiger partial charge in [-0.25, -0.2) is 4.79 Å². The van der Waals surface area contributed by atoms with Gasteiger partial charge in [0, 0.05) is 24.8 Å². The van der Waals surface area contributed by atoms with Crippen molar-refractivity contribution in [1.82, 2.24) is 9.13 Å². The third-order valence-electron chi connectivity index (χ3n) is 2.84. The van der Waals surface area contributed by atoms with Gasteiger partial charge in [-0.2, -0.15) is 0 Å². The van der Waals surface area contributed by atoms with Gasteiger partial charge < -0.3 is 5.11 Å². The van der Waals surface area contributed by atoms with Crippen LogP contribution in [0.3, 0.4) is 0 Å². The average Bonchev–Trinajstić information content (AvgIpc) is 2.45. The van der Waals surface area contributed by atoms with Crippen LogP contribution in [0.5, 0.6) is 5.88 Å². The molecule has 0 saturated carbocycles. The second kappa shape index (κ2) is 5.46. The monoisotopic (exact) mass is 337 g/mol. The third-order valence-corrected chi connectivity index (χ3v) is 3.37. The van der Waals surface area contributed by atoms with Gasteiger partial charge >= 0.3 is 5.69 Å². The summed E-state index contributed by atoms with van der Waals surface area (Å²) in [5.74, 6) is -0.404. The molecule has 1 aromatic carbocycles. The van der Waals surface area contributed by atoms with E-state index in [0.717, 1.165) is 13.6 Å². The van der Waals surface area contributed by atoms with Gasteiger partial charge in [0.15, 0.2) is 0 Å². The molecule has 0 atom stereocenters. The molecule has 20 heavy (non-hydrogen) atoms. The lowest BCUT2D eigenvalue weighted by molar-refractivity contribution is 0.410. The van der Waals surface area contributed by atoms with Gasteiger partial charge in [0.05, 0.1) is 5.69 Å². The SMILES string of the molecule is Cn1c(O)c(C=Nc2ccc(Br)cc2)c(=O)n(C)c1=O. The molecular weight excluding hydrogens is 326 g/mol. The average molecular weight is 338 g/mol. The summed E-state index contributed by atoms with van der Waals surface area (Å²) in [6.07, 6.45) is 1.25. The minimum Gasteiger partial charge on any atom is -0.494 e. The van der Waals surface area contributed by atoms with Crippen LogP contribution in [0.15, 0.2) is 43.3 Å². The summed E-state index contributed by atoms with van der Waals surface area (Å²) in [6.45, 7) is 0. The molecular formula is C13H12BrN3O3. The highest BCUT2D eigenvalue weighted by Crippen LogP contribution is 2.17. The first-order chi connectivity index (χ1) is 9.41. The molecule has 0 saturated heterocycles. The van der Waals surface area contributed by atoms with Crippen LogP contribution in [-0.2, 0) is 14.1 Å². The van der Waals surface area contributed by atoms with Gasteiger partial charge in [0.25, 0.3) is 5.56 Å². The second-order valence-corrected chi connectivity index (χ2v) is 5.09. The van der Waals surface area contributed by atoms with Crippen LogP contribution in [0, 0.1) is 0 Å². The van der Waals surface area contributed by atoms with Crippen molar-refractivity contribution in [3.05, 3.63) is 55.1 Å². The molecule has 0 spiro atoms. The maximum absolute atomic E-state index is 11.9. The van der Waals surface area contributed by atoms with E-state index in [4.69, 9.17) is 0 Å². The highest BCUT2D eigenvalue weighted by atomic mass is 79.9. The van der Waals surface area contributed by atoms with Crippen LogP contribution >= 0.6 is 15.9 Å². The Morgan fingerprint density at radius 2 is 1.75 bits per heavy atom. The lowest BCUT2D eigenvalue weighted by Gasteiger charge is -2.06. The molecule has 0 radical (unpaired) electrons. The number of nitrogens with zero attached hydrogens (tertiary/aromatic N) is 3. The predicted molar refractivity (Wildman–Crippen MR) is 80.0 cm³/mol. The van der Waals surface area contributed by atoms with Crippen molar-refractivity contribution in [2.45, 2.75) is 0 Å². The van der Waals surface area contributed by atoms with Crippen LogP contribution < -0.4 is 11.2 Å². The van der Waals surface area contributed by atoms with Crippen LogP contribution in [0.1, 0.15) is 5.56 Å². The number of hydrogen-bond donors (Lipinski definition) is 1. The lowest BCUT2D eigenvalue weighted by atomic mass is 10.3. The van der Waals surface area contributed by atoms with E-state index >= 15 is 0 Å². The van der Waals surface area contributed by atoms with E-state index in [2.05, 4.69) is 20.9 Å². The first kappa shape index (κ1) is 14.3. The van der Waals surface area contributed by atoms with Crippen molar-refractivity contribution in [2.75, 3.05) is 0 Å². The van der Waals surface area contributed by atoms with Gasteiger partial charge in [-0.1, -0.05) is 15.9 Å². The smallest absolute Gasteiger partial charge is 0.333 e. The first-order valence-electron chi connectivity index (χ1n) is 5.70.